The summed E-state index contributed by atoms with van der Waals surface area (Å²) in [5, 5.41) is 4.29. The van der Waals surface area contributed by atoms with Crippen molar-refractivity contribution in [3.63, 3.8) is 0 Å². The minimum atomic E-state index is -0.674. The third-order valence-electron chi connectivity index (χ3n) is 13.4. The van der Waals surface area contributed by atoms with Crippen molar-refractivity contribution in [3.8, 4) is 0 Å². The Bertz CT molecular complexity index is 1540. The van der Waals surface area contributed by atoms with E-state index < -0.39 is 10.8 Å². The second-order valence-electron chi connectivity index (χ2n) is 16.5. The summed E-state index contributed by atoms with van der Waals surface area (Å²) in [6, 6.07) is 0. The zero-order chi connectivity index (χ0) is 32.1. The Labute approximate surface area is 261 Å². The zero-order valence-corrected chi connectivity index (χ0v) is 27.6. The van der Waals surface area contributed by atoms with Gasteiger partial charge in [0.25, 0.3) is 0 Å². The molecule has 0 saturated heterocycles. The van der Waals surface area contributed by atoms with Crippen LogP contribution >= 0.6 is 0 Å². The topological polar surface area (TPSA) is 104 Å². The van der Waals surface area contributed by atoms with E-state index in [1.54, 1.807) is 0 Å². The highest BCUT2D eigenvalue weighted by Crippen LogP contribution is 2.74. The second-order valence-corrected chi connectivity index (χ2v) is 16.5. The Kier molecular flexibility index (Phi) is 6.82. The van der Waals surface area contributed by atoms with Crippen molar-refractivity contribution in [2.75, 3.05) is 6.61 Å². The Hall–Kier alpha value is -3.08. The first kappa shape index (κ1) is 30.9. The first-order chi connectivity index (χ1) is 20.4. The molecule has 8 nitrogen and oxygen atoms in total. The average molecular weight is 602 g/mol. The Morgan fingerprint density at radius 1 is 1.07 bits per heavy atom. The van der Waals surface area contributed by atoms with Crippen LogP contribution in [0.25, 0.3) is 4.85 Å². The van der Waals surface area contributed by atoms with E-state index in [1.165, 1.54) is 6.92 Å². The Morgan fingerprint density at radius 2 is 1.77 bits per heavy atom. The van der Waals surface area contributed by atoms with Gasteiger partial charge in [0.15, 0.2) is 17.4 Å². The molecule has 5 aliphatic rings. The van der Waals surface area contributed by atoms with Gasteiger partial charge in [-0.3, -0.25) is 9.59 Å². The standard InChI is InChI=1S/C36H47N3O5/c1-21(40)43-17-11-27-38-30(44-39-27)36-15-13-31(2,3)19-22(36)28-24(41)18-26-33(6)20-23(37-9)29(42)32(4,5)25(33)10-12-34(26,7)35(28,8)14-16-36/h18,20,22,25,28H,10-17,19H2,1-8H3/t22-,25-,28-,33-,34+,35+,36-/m0/s1. The van der Waals surface area contributed by atoms with E-state index in [1.807, 2.05) is 26.0 Å². The van der Waals surface area contributed by atoms with Crippen LogP contribution in [0, 0.1) is 51.4 Å². The lowest BCUT2D eigenvalue weighted by molar-refractivity contribution is -0.161. The molecular weight excluding hydrogens is 554 g/mol. The van der Waals surface area contributed by atoms with Crippen molar-refractivity contribution in [2.45, 2.75) is 112 Å². The van der Waals surface area contributed by atoms with E-state index in [9.17, 15) is 14.4 Å². The van der Waals surface area contributed by atoms with Crippen molar-refractivity contribution >= 4 is 17.5 Å². The van der Waals surface area contributed by atoms with Crippen LogP contribution < -0.4 is 0 Å². The zero-order valence-electron chi connectivity index (χ0n) is 27.6. The summed E-state index contributed by atoms with van der Waals surface area (Å²) in [7, 11) is 0. The van der Waals surface area contributed by atoms with Gasteiger partial charge >= 0.3 is 5.97 Å². The van der Waals surface area contributed by atoms with Crippen molar-refractivity contribution in [3.05, 3.63) is 46.6 Å². The number of carbonyl (C=O) groups is 3. The largest absolute Gasteiger partial charge is 0.465 e. The maximum absolute atomic E-state index is 14.7. The highest BCUT2D eigenvalue weighted by Gasteiger charge is 2.70. The highest BCUT2D eigenvalue weighted by atomic mass is 16.5. The number of hydrogen-bond donors (Lipinski definition) is 0. The first-order valence-corrected chi connectivity index (χ1v) is 16.3. The molecule has 0 aromatic carbocycles. The summed E-state index contributed by atoms with van der Waals surface area (Å²) in [6.45, 7) is 24.9. The molecule has 3 saturated carbocycles. The van der Waals surface area contributed by atoms with Gasteiger partial charge in [0.1, 0.15) is 0 Å². The van der Waals surface area contributed by atoms with E-state index in [-0.39, 0.29) is 69.3 Å². The van der Waals surface area contributed by atoms with Gasteiger partial charge in [-0.2, -0.15) is 4.98 Å². The maximum Gasteiger partial charge on any atom is 0.302 e. The molecule has 0 amide bonds. The van der Waals surface area contributed by atoms with Crippen LogP contribution in [0.5, 0.6) is 0 Å². The normalized spacial score (nSPS) is 40.3. The molecule has 0 spiro atoms. The predicted octanol–water partition coefficient (Wildman–Crippen LogP) is 7.00. The van der Waals surface area contributed by atoms with Crippen LogP contribution in [0.15, 0.2) is 27.9 Å². The molecule has 0 bridgehead atoms. The van der Waals surface area contributed by atoms with Crippen LogP contribution in [0.2, 0.25) is 0 Å². The van der Waals surface area contributed by atoms with Crippen LogP contribution in [-0.4, -0.2) is 34.3 Å². The molecule has 1 aromatic heterocycles. The summed E-state index contributed by atoms with van der Waals surface area (Å²) >= 11 is 0. The van der Waals surface area contributed by atoms with Crippen LogP contribution in [0.1, 0.15) is 112 Å². The van der Waals surface area contributed by atoms with E-state index in [4.69, 9.17) is 20.8 Å². The van der Waals surface area contributed by atoms with Gasteiger partial charge in [0.2, 0.25) is 11.6 Å². The van der Waals surface area contributed by atoms with Gasteiger partial charge < -0.3 is 14.1 Å². The number of fused-ring (bicyclic) bond motifs is 7. The Morgan fingerprint density at radius 3 is 2.45 bits per heavy atom. The number of hydrogen-bond acceptors (Lipinski definition) is 7. The summed E-state index contributed by atoms with van der Waals surface area (Å²) in [4.78, 5) is 47.9. The lowest BCUT2D eigenvalue weighted by Crippen LogP contribution is -2.65. The molecule has 7 atom stereocenters. The van der Waals surface area contributed by atoms with Crippen molar-refractivity contribution in [1.29, 1.82) is 0 Å². The minimum absolute atomic E-state index is 0.0281. The summed E-state index contributed by atoms with van der Waals surface area (Å²) in [5.74, 6) is 0.762. The van der Waals surface area contributed by atoms with E-state index in [0.29, 0.717) is 18.1 Å². The van der Waals surface area contributed by atoms with Crippen molar-refractivity contribution in [2.24, 2.45) is 44.8 Å². The molecule has 1 aromatic rings. The van der Waals surface area contributed by atoms with E-state index in [2.05, 4.69) is 44.6 Å². The molecule has 3 fully saturated rings. The monoisotopic (exact) mass is 601 g/mol. The van der Waals surface area contributed by atoms with Gasteiger partial charge in [0, 0.05) is 30.1 Å². The van der Waals surface area contributed by atoms with Crippen LogP contribution in [-0.2, 0) is 31.0 Å². The predicted molar refractivity (Wildman–Crippen MR) is 164 cm³/mol. The van der Waals surface area contributed by atoms with Gasteiger partial charge in [-0.1, -0.05) is 65.3 Å². The summed E-state index contributed by atoms with van der Waals surface area (Å²) < 4.78 is 11.1. The quantitative estimate of drug-likeness (QED) is 0.270. The van der Waals surface area contributed by atoms with Gasteiger partial charge in [-0.05, 0) is 79.1 Å². The summed E-state index contributed by atoms with van der Waals surface area (Å²) in [5.41, 5.74) is -0.795. The number of rotatable bonds is 4. The number of aromatic nitrogens is 2. The maximum atomic E-state index is 14.7. The molecule has 0 aliphatic heterocycles. The molecule has 236 valence electrons. The SMILES string of the molecule is [C-]#[N+]C1=C[C@]2(C)C3=CC(=O)[C@@H]4[C@@H]5CC(C)(C)CC[C@]5(c5nc(CCOC(C)=O)no5)CC[C@@]4(C)[C@]3(C)CC[C@H]2C(C)(C)C1=O. The molecule has 6 rings (SSSR count). The fourth-order valence-corrected chi connectivity index (χ4v) is 10.8. The van der Waals surface area contributed by atoms with Crippen molar-refractivity contribution in [1.82, 2.24) is 10.1 Å². The van der Waals surface area contributed by atoms with Gasteiger partial charge in [-0.25, -0.2) is 4.85 Å². The molecule has 8 heteroatoms. The first-order valence-electron chi connectivity index (χ1n) is 16.3. The van der Waals surface area contributed by atoms with Gasteiger partial charge in [-0.15, -0.1) is 0 Å². The third kappa shape index (κ3) is 4.09. The number of esters is 1. The molecule has 0 radical (unpaired) electrons. The number of allylic oxidation sites excluding steroid dienone is 4. The molecular formula is C36H47N3O5. The van der Waals surface area contributed by atoms with Crippen LogP contribution in [0.3, 0.4) is 0 Å². The average Bonchev–Trinajstić information content (AvgIpc) is 3.41. The van der Waals surface area contributed by atoms with Crippen LogP contribution in [0.4, 0.5) is 0 Å². The van der Waals surface area contributed by atoms with Crippen molar-refractivity contribution < 1.29 is 23.6 Å². The minimum Gasteiger partial charge on any atom is -0.465 e. The lowest BCUT2D eigenvalue weighted by Gasteiger charge is -2.69. The molecule has 5 aliphatic carbocycles. The fourth-order valence-electron chi connectivity index (χ4n) is 10.8. The fraction of sp³-hybridized carbons (Fsp3) is 0.722. The summed E-state index contributed by atoms with van der Waals surface area (Å²) in [6.07, 6.45) is 10.5. The highest BCUT2D eigenvalue weighted by molar-refractivity contribution is 6.03. The molecule has 0 unspecified atom stereocenters. The molecule has 44 heavy (non-hydrogen) atoms. The number of ether oxygens (including phenoxy) is 1. The third-order valence-corrected chi connectivity index (χ3v) is 13.4. The number of Topliss-reactive ketones (excluding diaryl/α,β-unsaturated/α-hetero) is 1. The molecule has 1 heterocycles. The van der Waals surface area contributed by atoms with E-state index >= 15 is 0 Å². The van der Waals surface area contributed by atoms with Gasteiger partial charge in [0.05, 0.1) is 18.6 Å². The Balaban J connectivity index is 1.45. The number of nitrogens with zero attached hydrogens (tertiary/aromatic N) is 3. The number of carbonyl (C=O) groups excluding carboxylic acids is 3. The van der Waals surface area contributed by atoms with E-state index in [0.717, 1.165) is 50.5 Å². The second kappa shape index (κ2) is 9.71. The number of ketones is 2. The smallest absolute Gasteiger partial charge is 0.302 e. The molecule has 0 N–H and O–H groups in total. The lowest BCUT2D eigenvalue weighted by atomic mass is 9.34.